The Morgan fingerprint density at radius 1 is 1.20 bits per heavy atom. The van der Waals surface area contributed by atoms with Gasteiger partial charge < -0.3 is 20.5 Å². The molecule has 0 bridgehead atoms. The molecule has 0 spiro atoms. The Bertz CT molecular complexity index is 342. The fourth-order valence-corrected chi connectivity index (χ4v) is 3.70. The molecule has 3 N–H and O–H groups in total. The van der Waals surface area contributed by atoms with E-state index in [1.807, 2.05) is 0 Å². The smallest absolute Gasteiger partial charge is 0.249 e. The van der Waals surface area contributed by atoms with Crippen LogP contribution in [-0.2, 0) is 14.3 Å². The molecular weight excluding hydrogens is 280 g/mol. The first-order valence-corrected chi connectivity index (χ1v) is 7.55. The van der Waals surface area contributed by atoms with Crippen LogP contribution in [0.2, 0.25) is 0 Å². The Morgan fingerprint density at radius 3 is 2.80 bits per heavy atom. The minimum absolute atomic E-state index is 0. The van der Waals surface area contributed by atoms with E-state index in [4.69, 9.17) is 15.2 Å². The zero-order valence-electron chi connectivity index (χ0n) is 11.8. The molecule has 5 nitrogen and oxygen atoms in total. The SMILES string of the molecule is Cl.NC[C@H]1CC[C@@H](C(=O)NC2CCCC3OCCC23)O1. The fraction of sp³-hybridized carbons (Fsp3) is 0.929. The van der Waals surface area contributed by atoms with E-state index in [0.29, 0.717) is 18.6 Å². The summed E-state index contributed by atoms with van der Waals surface area (Å²) < 4.78 is 11.4. The summed E-state index contributed by atoms with van der Waals surface area (Å²) in [5, 5.41) is 3.19. The lowest BCUT2D eigenvalue weighted by atomic mass is 9.81. The number of halogens is 1. The van der Waals surface area contributed by atoms with Gasteiger partial charge >= 0.3 is 0 Å². The summed E-state index contributed by atoms with van der Waals surface area (Å²) in [6.07, 6.45) is 6.26. The van der Waals surface area contributed by atoms with E-state index in [2.05, 4.69) is 5.32 Å². The van der Waals surface area contributed by atoms with Gasteiger partial charge in [0.15, 0.2) is 0 Å². The second-order valence-electron chi connectivity index (χ2n) is 5.97. The predicted octanol–water partition coefficient (Wildman–Crippen LogP) is 0.988. The maximum Gasteiger partial charge on any atom is 0.249 e. The van der Waals surface area contributed by atoms with Crippen molar-refractivity contribution in [2.45, 2.75) is 62.9 Å². The highest BCUT2D eigenvalue weighted by Crippen LogP contribution is 2.34. The highest BCUT2D eigenvalue weighted by atomic mass is 35.5. The summed E-state index contributed by atoms with van der Waals surface area (Å²) in [6.45, 7) is 1.35. The molecule has 0 aromatic rings. The third kappa shape index (κ3) is 3.27. The van der Waals surface area contributed by atoms with Crippen LogP contribution >= 0.6 is 12.4 Å². The molecule has 2 heterocycles. The molecule has 3 fully saturated rings. The monoisotopic (exact) mass is 304 g/mol. The number of carbonyl (C=O) groups excluding carboxylic acids is 1. The van der Waals surface area contributed by atoms with Gasteiger partial charge in [0, 0.05) is 25.1 Å². The van der Waals surface area contributed by atoms with Gasteiger partial charge in [-0.2, -0.15) is 0 Å². The van der Waals surface area contributed by atoms with Gasteiger partial charge in [-0.05, 0) is 38.5 Å². The van der Waals surface area contributed by atoms with Crippen molar-refractivity contribution in [1.82, 2.24) is 5.32 Å². The molecule has 0 radical (unpaired) electrons. The van der Waals surface area contributed by atoms with Crippen LogP contribution in [0.15, 0.2) is 0 Å². The van der Waals surface area contributed by atoms with Crippen molar-refractivity contribution in [1.29, 1.82) is 0 Å². The van der Waals surface area contributed by atoms with Crippen molar-refractivity contribution >= 4 is 18.3 Å². The Labute approximate surface area is 126 Å². The van der Waals surface area contributed by atoms with Crippen LogP contribution in [-0.4, -0.2) is 43.4 Å². The number of rotatable bonds is 3. The number of nitrogens with one attached hydrogen (secondary N) is 1. The van der Waals surface area contributed by atoms with E-state index in [1.165, 1.54) is 0 Å². The highest BCUT2D eigenvalue weighted by molar-refractivity contribution is 5.85. The lowest BCUT2D eigenvalue weighted by Gasteiger charge is -2.33. The van der Waals surface area contributed by atoms with Crippen LogP contribution in [0.5, 0.6) is 0 Å². The lowest BCUT2D eigenvalue weighted by Crippen LogP contribution is -2.49. The molecule has 0 aromatic carbocycles. The summed E-state index contributed by atoms with van der Waals surface area (Å²) in [6, 6.07) is 0.272. The molecule has 3 aliphatic rings. The normalized spacial score (nSPS) is 40.0. The fourth-order valence-electron chi connectivity index (χ4n) is 3.70. The first-order valence-electron chi connectivity index (χ1n) is 7.55. The van der Waals surface area contributed by atoms with Gasteiger partial charge in [-0.25, -0.2) is 0 Å². The highest BCUT2D eigenvalue weighted by Gasteiger charge is 2.39. The number of amides is 1. The molecule has 5 atom stereocenters. The number of ether oxygens (including phenoxy) is 2. The van der Waals surface area contributed by atoms with E-state index >= 15 is 0 Å². The van der Waals surface area contributed by atoms with Crippen molar-refractivity contribution in [3.63, 3.8) is 0 Å². The number of nitrogens with two attached hydrogens (primary N) is 1. The standard InChI is InChI=1S/C14H24N2O3.ClH/c15-8-9-4-5-13(19-9)14(17)16-11-2-1-3-12-10(11)6-7-18-12;/h9-13H,1-8,15H2,(H,16,17);1H/t9-,10?,11?,12?,13+;/m1./s1. The summed E-state index contributed by atoms with van der Waals surface area (Å²) in [5.74, 6) is 0.554. The van der Waals surface area contributed by atoms with Crippen LogP contribution in [0.1, 0.15) is 38.5 Å². The zero-order chi connectivity index (χ0) is 13.2. The number of hydrogen-bond acceptors (Lipinski definition) is 4. The van der Waals surface area contributed by atoms with Gasteiger partial charge in [0.25, 0.3) is 0 Å². The van der Waals surface area contributed by atoms with E-state index in [-0.39, 0.29) is 36.6 Å². The summed E-state index contributed by atoms with van der Waals surface area (Å²) >= 11 is 0. The van der Waals surface area contributed by atoms with Crippen LogP contribution in [0.25, 0.3) is 0 Å². The van der Waals surface area contributed by atoms with Gasteiger partial charge in [0.1, 0.15) is 6.10 Å². The molecular formula is C14H25ClN2O3. The van der Waals surface area contributed by atoms with E-state index in [9.17, 15) is 4.79 Å². The summed E-state index contributed by atoms with van der Waals surface area (Å²) in [4.78, 5) is 12.2. The van der Waals surface area contributed by atoms with Gasteiger partial charge in [-0.15, -0.1) is 12.4 Å². The second-order valence-corrected chi connectivity index (χ2v) is 5.97. The molecule has 3 unspecified atom stereocenters. The maximum atomic E-state index is 12.2. The third-order valence-corrected chi connectivity index (χ3v) is 4.77. The van der Waals surface area contributed by atoms with E-state index in [0.717, 1.165) is 45.1 Å². The Hall–Kier alpha value is -0.360. The van der Waals surface area contributed by atoms with Crippen molar-refractivity contribution in [3.8, 4) is 0 Å². The summed E-state index contributed by atoms with van der Waals surface area (Å²) in [7, 11) is 0. The quantitative estimate of drug-likeness (QED) is 0.815. The van der Waals surface area contributed by atoms with Crippen molar-refractivity contribution < 1.29 is 14.3 Å². The Kier molecular flexibility index (Phi) is 5.66. The van der Waals surface area contributed by atoms with Crippen LogP contribution in [0.4, 0.5) is 0 Å². The third-order valence-electron chi connectivity index (χ3n) is 4.77. The predicted molar refractivity (Wildman–Crippen MR) is 77.8 cm³/mol. The molecule has 116 valence electrons. The Morgan fingerprint density at radius 2 is 2.05 bits per heavy atom. The molecule has 0 aromatic heterocycles. The first-order chi connectivity index (χ1) is 9.28. The van der Waals surface area contributed by atoms with Crippen molar-refractivity contribution in [2.24, 2.45) is 11.7 Å². The summed E-state index contributed by atoms with van der Waals surface area (Å²) in [5.41, 5.74) is 5.58. The van der Waals surface area contributed by atoms with Gasteiger partial charge in [-0.1, -0.05) is 0 Å². The van der Waals surface area contributed by atoms with E-state index in [1.54, 1.807) is 0 Å². The van der Waals surface area contributed by atoms with Crippen molar-refractivity contribution in [3.05, 3.63) is 0 Å². The minimum atomic E-state index is -0.295. The zero-order valence-corrected chi connectivity index (χ0v) is 12.6. The molecule has 1 saturated carbocycles. The largest absolute Gasteiger partial charge is 0.378 e. The van der Waals surface area contributed by atoms with Gasteiger partial charge in [0.05, 0.1) is 12.2 Å². The number of carbonyl (C=O) groups is 1. The van der Waals surface area contributed by atoms with Crippen molar-refractivity contribution in [2.75, 3.05) is 13.2 Å². The van der Waals surface area contributed by atoms with Crippen LogP contribution < -0.4 is 11.1 Å². The number of hydrogen-bond donors (Lipinski definition) is 2. The van der Waals surface area contributed by atoms with E-state index < -0.39 is 0 Å². The molecule has 3 rings (SSSR count). The minimum Gasteiger partial charge on any atom is -0.378 e. The van der Waals surface area contributed by atoms with Gasteiger partial charge in [0.2, 0.25) is 5.91 Å². The average molecular weight is 305 g/mol. The first kappa shape index (κ1) is 16.0. The molecule has 1 aliphatic carbocycles. The Balaban J connectivity index is 0.00000147. The lowest BCUT2D eigenvalue weighted by molar-refractivity contribution is -0.133. The molecule has 2 saturated heterocycles. The second kappa shape index (κ2) is 7.07. The molecule has 2 aliphatic heterocycles. The van der Waals surface area contributed by atoms with Gasteiger partial charge in [-0.3, -0.25) is 4.79 Å². The van der Waals surface area contributed by atoms with Crippen LogP contribution in [0.3, 0.4) is 0 Å². The average Bonchev–Trinajstić information content (AvgIpc) is 3.08. The number of fused-ring (bicyclic) bond motifs is 1. The topological polar surface area (TPSA) is 73.6 Å². The molecule has 6 heteroatoms. The molecule has 20 heavy (non-hydrogen) atoms. The van der Waals surface area contributed by atoms with Crippen LogP contribution in [0, 0.1) is 5.92 Å². The molecule has 1 amide bonds. The maximum absolute atomic E-state index is 12.2.